The van der Waals surface area contributed by atoms with Gasteiger partial charge in [-0.25, -0.2) is 0 Å². The first-order valence-corrected chi connectivity index (χ1v) is 6.62. The summed E-state index contributed by atoms with van der Waals surface area (Å²) >= 11 is 0. The molecule has 0 bridgehead atoms. The topological polar surface area (TPSA) is 75.7 Å². The summed E-state index contributed by atoms with van der Waals surface area (Å²) in [6.07, 6.45) is 0.112. The van der Waals surface area contributed by atoms with Gasteiger partial charge in [0.25, 0.3) is 5.91 Å². The van der Waals surface area contributed by atoms with E-state index in [4.69, 9.17) is 4.74 Å². The number of hydrogen-bond acceptors (Lipinski definition) is 4. The minimum absolute atomic E-state index is 0.110. The number of amides is 3. The molecule has 1 aromatic carbocycles. The molecule has 0 aromatic heterocycles. The minimum atomic E-state index is -1.04. The lowest BCUT2D eigenvalue weighted by Crippen LogP contribution is -2.65. The minimum Gasteiger partial charge on any atom is -0.497 e. The fourth-order valence-electron chi connectivity index (χ4n) is 2.24. The SMILES string of the molecule is COc1cccc(CC(=O)N2CC(=O)NC(=O)C2(C)C)c1. The summed E-state index contributed by atoms with van der Waals surface area (Å²) in [6.45, 7) is 3.14. The molecular formula is C15H18N2O4. The van der Waals surface area contributed by atoms with Crippen molar-refractivity contribution in [3.63, 3.8) is 0 Å². The van der Waals surface area contributed by atoms with Gasteiger partial charge in [-0.2, -0.15) is 0 Å². The molecule has 0 atom stereocenters. The molecule has 0 aliphatic carbocycles. The zero-order chi connectivity index (χ0) is 15.6. The molecule has 6 heteroatoms. The van der Waals surface area contributed by atoms with Gasteiger partial charge in [0, 0.05) is 0 Å². The first-order chi connectivity index (χ1) is 9.84. The average molecular weight is 290 g/mol. The van der Waals surface area contributed by atoms with Crippen LogP contribution in [0.4, 0.5) is 0 Å². The van der Waals surface area contributed by atoms with Crippen molar-refractivity contribution in [2.24, 2.45) is 0 Å². The molecule has 6 nitrogen and oxygen atoms in total. The number of nitrogens with one attached hydrogen (secondary N) is 1. The Hall–Kier alpha value is -2.37. The van der Waals surface area contributed by atoms with Crippen LogP contribution in [0.3, 0.4) is 0 Å². The van der Waals surface area contributed by atoms with Crippen LogP contribution < -0.4 is 10.1 Å². The van der Waals surface area contributed by atoms with Gasteiger partial charge >= 0.3 is 0 Å². The summed E-state index contributed by atoms with van der Waals surface area (Å²) in [5.74, 6) is -0.528. The second-order valence-corrected chi connectivity index (χ2v) is 5.44. The van der Waals surface area contributed by atoms with Gasteiger partial charge in [-0.3, -0.25) is 19.7 Å². The van der Waals surface area contributed by atoms with Gasteiger partial charge in [-0.1, -0.05) is 12.1 Å². The fraction of sp³-hybridized carbons (Fsp3) is 0.400. The van der Waals surface area contributed by atoms with Crippen molar-refractivity contribution in [1.29, 1.82) is 0 Å². The van der Waals surface area contributed by atoms with Crippen molar-refractivity contribution in [3.8, 4) is 5.75 Å². The van der Waals surface area contributed by atoms with Crippen molar-refractivity contribution < 1.29 is 19.1 Å². The molecule has 21 heavy (non-hydrogen) atoms. The number of rotatable bonds is 3. The van der Waals surface area contributed by atoms with Gasteiger partial charge in [0.15, 0.2) is 0 Å². The standard InChI is InChI=1S/C15H18N2O4/c1-15(2)14(20)16-12(18)9-17(15)13(19)8-10-5-4-6-11(7-10)21-3/h4-7H,8-9H2,1-3H3,(H,16,18,20). The van der Waals surface area contributed by atoms with Gasteiger partial charge in [-0.05, 0) is 31.5 Å². The Morgan fingerprint density at radius 1 is 1.38 bits per heavy atom. The Kier molecular flexibility index (Phi) is 3.97. The molecule has 2 rings (SSSR count). The first-order valence-electron chi connectivity index (χ1n) is 6.62. The summed E-state index contributed by atoms with van der Waals surface area (Å²) in [5, 5.41) is 2.24. The third-order valence-corrected chi connectivity index (χ3v) is 3.58. The van der Waals surface area contributed by atoms with Gasteiger partial charge in [0.1, 0.15) is 17.8 Å². The van der Waals surface area contributed by atoms with E-state index in [1.165, 1.54) is 4.90 Å². The normalized spacial score (nSPS) is 17.4. The number of nitrogens with zero attached hydrogens (tertiary/aromatic N) is 1. The van der Waals surface area contributed by atoms with Crippen molar-refractivity contribution in [2.45, 2.75) is 25.8 Å². The molecule has 1 N–H and O–H groups in total. The van der Waals surface area contributed by atoms with Crippen molar-refractivity contribution in [2.75, 3.05) is 13.7 Å². The maximum Gasteiger partial charge on any atom is 0.252 e. The second kappa shape index (κ2) is 5.55. The Bertz CT molecular complexity index is 595. The molecule has 3 amide bonds. The zero-order valence-corrected chi connectivity index (χ0v) is 12.3. The quantitative estimate of drug-likeness (QED) is 0.823. The predicted octanol–water partition coefficient (Wildman–Crippen LogP) is 0.501. The zero-order valence-electron chi connectivity index (χ0n) is 12.3. The molecule has 1 aliphatic heterocycles. The number of carbonyl (C=O) groups excluding carboxylic acids is 3. The van der Waals surface area contributed by atoms with Crippen molar-refractivity contribution in [3.05, 3.63) is 29.8 Å². The van der Waals surface area contributed by atoms with E-state index in [0.29, 0.717) is 5.75 Å². The number of hydrogen-bond donors (Lipinski definition) is 1. The molecule has 1 saturated heterocycles. The van der Waals surface area contributed by atoms with E-state index in [2.05, 4.69) is 5.32 Å². The molecule has 0 unspecified atom stereocenters. The van der Waals surface area contributed by atoms with Crippen LogP contribution in [-0.4, -0.2) is 41.8 Å². The highest BCUT2D eigenvalue weighted by Gasteiger charge is 2.43. The van der Waals surface area contributed by atoms with Gasteiger partial charge in [0.05, 0.1) is 13.5 Å². The lowest BCUT2D eigenvalue weighted by molar-refractivity contribution is -0.155. The predicted molar refractivity (Wildman–Crippen MR) is 75.6 cm³/mol. The number of piperazine rings is 1. The molecule has 0 radical (unpaired) electrons. The van der Waals surface area contributed by atoms with Gasteiger partial charge < -0.3 is 9.64 Å². The Balaban J connectivity index is 2.18. The first kappa shape index (κ1) is 15.0. The number of methoxy groups -OCH3 is 1. The Morgan fingerprint density at radius 2 is 2.10 bits per heavy atom. The van der Waals surface area contributed by atoms with Gasteiger partial charge in [-0.15, -0.1) is 0 Å². The van der Waals surface area contributed by atoms with Crippen LogP contribution in [0.5, 0.6) is 5.75 Å². The summed E-state index contributed by atoms with van der Waals surface area (Å²) in [4.78, 5) is 37.1. The molecule has 1 fully saturated rings. The molecule has 112 valence electrons. The molecule has 1 aliphatic rings. The highest BCUT2D eigenvalue weighted by molar-refractivity contribution is 6.06. The lowest BCUT2D eigenvalue weighted by Gasteiger charge is -2.40. The largest absolute Gasteiger partial charge is 0.497 e. The van der Waals surface area contributed by atoms with Crippen LogP contribution in [0.1, 0.15) is 19.4 Å². The van der Waals surface area contributed by atoms with E-state index in [0.717, 1.165) is 5.56 Å². The van der Waals surface area contributed by atoms with Gasteiger partial charge in [0.2, 0.25) is 11.8 Å². The highest BCUT2D eigenvalue weighted by Crippen LogP contribution is 2.20. The number of imide groups is 1. The summed E-state index contributed by atoms with van der Waals surface area (Å²) in [6, 6.07) is 7.15. The average Bonchev–Trinajstić information content (AvgIpc) is 2.43. The number of carbonyl (C=O) groups is 3. The smallest absolute Gasteiger partial charge is 0.252 e. The molecule has 1 aromatic rings. The van der Waals surface area contributed by atoms with E-state index in [-0.39, 0.29) is 18.9 Å². The van der Waals surface area contributed by atoms with E-state index >= 15 is 0 Å². The second-order valence-electron chi connectivity index (χ2n) is 5.44. The van der Waals surface area contributed by atoms with Crippen molar-refractivity contribution >= 4 is 17.7 Å². The van der Waals surface area contributed by atoms with Crippen LogP contribution in [-0.2, 0) is 20.8 Å². The molecule has 0 spiro atoms. The summed E-state index contributed by atoms with van der Waals surface area (Å²) in [7, 11) is 1.55. The van der Waals surface area contributed by atoms with Crippen LogP contribution >= 0.6 is 0 Å². The maximum atomic E-state index is 12.4. The summed E-state index contributed by atoms with van der Waals surface area (Å²) in [5.41, 5.74) is -0.266. The maximum absolute atomic E-state index is 12.4. The van der Waals surface area contributed by atoms with Crippen molar-refractivity contribution in [1.82, 2.24) is 10.2 Å². The lowest BCUT2D eigenvalue weighted by atomic mass is 9.97. The summed E-state index contributed by atoms with van der Waals surface area (Å²) < 4.78 is 5.11. The highest BCUT2D eigenvalue weighted by atomic mass is 16.5. The molecule has 0 saturated carbocycles. The van der Waals surface area contributed by atoms with E-state index in [1.807, 2.05) is 0 Å². The van der Waals surface area contributed by atoms with E-state index < -0.39 is 17.4 Å². The Labute approximate surface area is 123 Å². The Morgan fingerprint density at radius 3 is 2.76 bits per heavy atom. The van der Waals surface area contributed by atoms with Crippen LogP contribution in [0, 0.1) is 0 Å². The van der Waals surface area contributed by atoms with Crippen LogP contribution in [0.2, 0.25) is 0 Å². The molecule has 1 heterocycles. The van der Waals surface area contributed by atoms with E-state index in [1.54, 1.807) is 45.2 Å². The molecular weight excluding hydrogens is 272 g/mol. The fourth-order valence-corrected chi connectivity index (χ4v) is 2.24. The van der Waals surface area contributed by atoms with Crippen LogP contribution in [0.25, 0.3) is 0 Å². The third kappa shape index (κ3) is 3.04. The monoisotopic (exact) mass is 290 g/mol. The van der Waals surface area contributed by atoms with Crippen LogP contribution in [0.15, 0.2) is 24.3 Å². The number of ether oxygens (including phenoxy) is 1. The third-order valence-electron chi connectivity index (χ3n) is 3.58. The van der Waals surface area contributed by atoms with E-state index in [9.17, 15) is 14.4 Å². The number of benzene rings is 1.